The van der Waals surface area contributed by atoms with E-state index in [-0.39, 0.29) is 83.2 Å². The molecule has 2 N–H and O–H groups in total. The van der Waals surface area contributed by atoms with E-state index in [0.29, 0.717) is 6.04 Å². The fraction of sp³-hybridized carbons (Fsp3) is 0.308. The maximum absolute atomic E-state index is 13.3. The molecule has 3 aromatic carbocycles. The minimum Gasteiger partial charge on any atom is -0.496 e. The Bertz CT molecular complexity index is 984. The first-order valence-corrected chi connectivity index (χ1v) is 10.6. The van der Waals surface area contributed by atoms with Gasteiger partial charge in [-0.1, -0.05) is 48.5 Å². The van der Waals surface area contributed by atoms with Gasteiger partial charge < -0.3 is 15.4 Å². The molecule has 0 bridgehead atoms. The number of hydrogen-bond donors (Lipinski definition) is 2. The number of piperidine rings is 1. The SMILES string of the molecule is COc1ccc(-c2ccc(F)cc2)cc1[C@H](C)N[C@H]1CCCN[C@H]1c1ccccc1.Cl.Cl.S.S.S. The predicted octanol–water partition coefficient (Wildman–Crippen LogP) is 6.83. The Morgan fingerprint density at radius 2 is 1.54 bits per heavy atom. The van der Waals surface area contributed by atoms with Crippen molar-refractivity contribution in [2.75, 3.05) is 13.7 Å². The van der Waals surface area contributed by atoms with Crippen molar-refractivity contribution < 1.29 is 9.13 Å². The summed E-state index contributed by atoms with van der Waals surface area (Å²) in [7, 11) is 1.71. The number of halogens is 3. The minimum atomic E-state index is -0.223. The zero-order valence-electron chi connectivity index (χ0n) is 19.9. The van der Waals surface area contributed by atoms with Crippen LogP contribution >= 0.6 is 65.3 Å². The van der Waals surface area contributed by atoms with Crippen LogP contribution in [0.1, 0.15) is 43.0 Å². The molecule has 35 heavy (non-hydrogen) atoms. The molecular weight excluding hydrogens is 542 g/mol. The summed E-state index contributed by atoms with van der Waals surface area (Å²) in [5.74, 6) is 0.639. The lowest BCUT2D eigenvalue weighted by atomic mass is 9.90. The Morgan fingerprint density at radius 1 is 0.914 bits per heavy atom. The number of benzene rings is 3. The second-order valence-corrected chi connectivity index (χ2v) is 7.94. The second kappa shape index (κ2) is 17.4. The highest BCUT2D eigenvalue weighted by atomic mass is 35.5. The van der Waals surface area contributed by atoms with Gasteiger partial charge in [-0.25, -0.2) is 4.39 Å². The molecule has 4 rings (SSSR count). The topological polar surface area (TPSA) is 33.3 Å². The van der Waals surface area contributed by atoms with Gasteiger partial charge in [0.05, 0.1) is 7.11 Å². The van der Waals surface area contributed by atoms with E-state index in [9.17, 15) is 4.39 Å². The van der Waals surface area contributed by atoms with Gasteiger partial charge in [-0.3, -0.25) is 0 Å². The summed E-state index contributed by atoms with van der Waals surface area (Å²) in [4.78, 5) is 0. The van der Waals surface area contributed by atoms with Crippen molar-refractivity contribution in [3.63, 3.8) is 0 Å². The largest absolute Gasteiger partial charge is 0.496 e. The molecule has 1 saturated heterocycles. The van der Waals surface area contributed by atoms with Crippen molar-refractivity contribution in [3.8, 4) is 16.9 Å². The van der Waals surface area contributed by atoms with Gasteiger partial charge in [0.1, 0.15) is 11.6 Å². The van der Waals surface area contributed by atoms with Crippen LogP contribution < -0.4 is 15.4 Å². The average Bonchev–Trinajstić information content (AvgIpc) is 2.80. The lowest BCUT2D eigenvalue weighted by Crippen LogP contribution is -2.46. The predicted molar refractivity (Wildman–Crippen MR) is 166 cm³/mol. The van der Waals surface area contributed by atoms with Crippen LogP contribution in [0.15, 0.2) is 72.8 Å². The fourth-order valence-corrected chi connectivity index (χ4v) is 4.38. The van der Waals surface area contributed by atoms with Crippen LogP contribution in [-0.4, -0.2) is 19.7 Å². The molecule has 1 fully saturated rings. The van der Waals surface area contributed by atoms with Crippen LogP contribution in [0.4, 0.5) is 4.39 Å². The van der Waals surface area contributed by atoms with E-state index in [0.717, 1.165) is 41.8 Å². The molecule has 1 aliphatic heterocycles. The van der Waals surface area contributed by atoms with Gasteiger partial charge in [-0.05, 0) is 67.3 Å². The highest BCUT2D eigenvalue weighted by Crippen LogP contribution is 2.33. The van der Waals surface area contributed by atoms with Crippen LogP contribution in [0.3, 0.4) is 0 Å². The molecule has 0 amide bonds. The van der Waals surface area contributed by atoms with Crippen LogP contribution in [0.5, 0.6) is 5.75 Å². The Labute approximate surface area is 242 Å². The average molecular weight is 580 g/mol. The number of ether oxygens (including phenoxy) is 1. The molecule has 0 unspecified atom stereocenters. The highest BCUT2D eigenvalue weighted by molar-refractivity contribution is 7.59. The number of methoxy groups -OCH3 is 1. The molecule has 3 atom stereocenters. The van der Waals surface area contributed by atoms with Crippen molar-refractivity contribution in [1.82, 2.24) is 10.6 Å². The first-order valence-electron chi connectivity index (χ1n) is 10.6. The van der Waals surface area contributed by atoms with Gasteiger partial charge in [-0.2, -0.15) is 40.5 Å². The zero-order valence-corrected chi connectivity index (χ0v) is 24.5. The number of hydrogen-bond acceptors (Lipinski definition) is 3. The van der Waals surface area contributed by atoms with E-state index in [1.54, 1.807) is 7.11 Å². The molecule has 1 aliphatic rings. The molecule has 1 heterocycles. The Hall–Kier alpha value is -1.06. The molecule has 9 heteroatoms. The third-order valence-corrected chi connectivity index (χ3v) is 5.96. The molecule has 3 nitrogen and oxygen atoms in total. The quantitative estimate of drug-likeness (QED) is 0.336. The fourth-order valence-electron chi connectivity index (χ4n) is 4.38. The van der Waals surface area contributed by atoms with E-state index in [1.165, 1.54) is 17.7 Å². The summed E-state index contributed by atoms with van der Waals surface area (Å²) >= 11 is 0. The third kappa shape index (κ3) is 9.08. The Balaban J connectivity index is 0. The van der Waals surface area contributed by atoms with Gasteiger partial charge in [-0.15, -0.1) is 24.8 Å². The smallest absolute Gasteiger partial charge is 0.123 e. The summed E-state index contributed by atoms with van der Waals surface area (Å²) in [5, 5.41) is 7.53. The second-order valence-electron chi connectivity index (χ2n) is 7.94. The van der Waals surface area contributed by atoms with Crippen molar-refractivity contribution in [1.29, 1.82) is 0 Å². The summed E-state index contributed by atoms with van der Waals surface area (Å²) in [5.41, 5.74) is 4.47. The summed E-state index contributed by atoms with van der Waals surface area (Å²) in [6.45, 7) is 3.22. The van der Waals surface area contributed by atoms with Crippen LogP contribution in [0.25, 0.3) is 11.1 Å². The number of rotatable bonds is 6. The van der Waals surface area contributed by atoms with E-state index in [2.05, 4.69) is 54.0 Å². The summed E-state index contributed by atoms with van der Waals surface area (Å²) in [6.07, 6.45) is 2.28. The summed E-state index contributed by atoms with van der Waals surface area (Å²) < 4.78 is 19.0. The van der Waals surface area contributed by atoms with Crippen LogP contribution in [0, 0.1) is 5.82 Å². The maximum Gasteiger partial charge on any atom is 0.123 e. The molecule has 0 radical (unpaired) electrons. The van der Waals surface area contributed by atoms with E-state index in [1.807, 2.05) is 24.3 Å². The lowest BCUT2D eigenvalue weighted by Gasteiger charge is -2.36. The van der Waals surface area contributed by atoms with Gasteiger partial charge in [0.2, 0.25) is 0 Å². The molecule has 0 aromatic heterocycles. The first kappa shape index (κ1) is 36.1. The molecule has 3 aromatic rings. The zero-order chi connectivity index (χ0) is 20.9. The van der Waals surface area contributed by atoms with E-state index in [4.69, 9.17) is 4.74 Å². The number of nitrogens with one attached hydrogen (secondary N) is 2. The Morgan fingerprint density at radius 3 is 2.17 bits per heavy atom. The molecule has 0 spiro atoms. The molecule has 0 saturated carbocycles. The van der Waals surface area contributed by atoms with Gasteiger partial charge >= 0.3 is 0 Å². The third-order valence-electron chi connectivity index (χ3n) is 5.96. The molecule has 196 valence electrons. The van der Waals surface area contributed by atoms with E-state index < -0.39 is 0 Å². The highest BCUT2D eigenvalue weighted by Gasteiger charge is 2.28. The van der Waals surface area contributed by atoms with Crippen molar-refractivity contribution >= 4 is 65.3 Å². The van der Waals surface area contributed by atoms with Gasteiger partial charge in [0.15, 0.2) is 0 Å². The van der Waals surface area contributed by atoms with Crippen molar-refractivity contribution in [2.24, 2.45) is 0 Å². The molecular formula is C26H37Cl2FN2OS3. The standard InChI is InChI=1S/C26H29FN2O.2ClH.3H2S/c1-18(29-24-9-6-16-28-26(24)20-7-4-3-5-8-20)23-17-21(12-15-25(23)30-2)19-10-13-22(27)14-11-19;;;;;/h3-5,7-8,10-15,17-18,24,26,28-29H,6,9,16H2,1-2H3;2*1H;3*1H2/t18-,24-,26-;;;;;/m0...../s1. The normalized spacial score (nSPS) is 17.1. The van der Waals surface area contributed by atoms with Crippen molar-refractivity contribution in [2.45, 2.75) is 37.9 Å². The van der Waals surface area contributed by atoms with Crippen LogP contribution in [0.2, 0.25) is 0 Å². The monoisotopic (exact) mass is 578 g/mol. The molecule has 0 aliphatic carbocycles. The van der Waals surface area contributed by atoms with Crippen molar-refractivity contribution in [3.05, 3.63) is 89.7 Å². The Kier molecular flexibility index (Phi) is 18.0. The minimum absolute atomic E-state index is 0. The van der Waals surface area contributed by atoms with Gasteiger partial charge in [0.25, 0.3) is 0 Å². The van der Waals surface area contributed by atoms with Gasteiger partial charge in [0, 0.05) is 23.7 Å². The lowest BCUT2D eigenvalue weighted by molar-refractivity contribution is 0.284. The van der Waals surface area contributed by atoms with Crippen LogP contribution in [-0.2, 0) is 0 Å². The summed E-state index contributed by atoms with van der Waals surface area (Å²) in [6, 6.07) is 24.2. The maximum atomic E-state index is 13.3. The first-order chi connectivity index (χ1) is 14.7. The van der Waals surface area contributed by atoms with E-state index >= 15 is 0 Å².